The minimum atomic E-state index is 0.531. The molecule has 4 heteroatoms. The third-order valence-corrected chi connectivity index (χ3v) is 2.92. The maximum absolute atomic E-state index is 5.64. The number of aromatic nitrogens is 2. The van der Waals surface area contributed by atoms with Crippen molar-refractivity contribution in [3.05, 3.63) is 53.5 Å². The molecule has 0 saturated carbocycles. The van der Waals surface area contributed by atoms with Crippen molar-refractivity contribution < 1.29 is 0 Å². The molecular weight excluding hydrogens is 224 g/mol. The Balaban J connectivity index is 2.14. The lowest BCUT2D eigenvalue weighted by molar-refractivity contribution is 0.856. The zero-order valence-corrected chi connectivity index (χ0v) is 10.8. The van der Waals surface area contributed by atoms with E-state index in [4.69, 9.17) is 5.73 Å². The Kier molecular flexibility index (Phi) is 3.89. The predicted molar refractivity (Wildman–Crippen MR) is 73.2 cm³/mol. The van der Waals surface area contributed by atoms with E-state index in [9.17, 15) is 0 Å². The molecule has 0 saturated heterocycles. The Morgan fingerprint density at radius 1 is 1.22 bits per heavy atom. The molecule has 0 amide bonds. The Labute approximate surface area is 107 Å². The smallest absolute Gasteiger partial charge is 0.128 e. The molecule has 0 aromatic carbocycles. The van der Waals surface area contributed by atoms with Gasteiger partial charge in [0.2, 0.25) is 0 Å². The van der Waals surface area contributed by atoms with Gasteiger partial charge in [0.05, 0.1) is 12.2 Å². The number of nitrogens with zero attached hydrogens (tertiary/aromatic N) is 3. The SMILES string of the molecule is Cc1nc(N(C)Cc2ccccn2)ccc1CN. The number of hydrogen-bond acceptors (Lipinski definition) is 4. The van der Waals surface area contributed by atoms with Gasteiger partial charge in [-0.25, -0.2) is 4.98 Å². The van der Waals surface area contributed by atoms with Crippen LogP contribution >= 0.6 is 0 Å². The molecule has 0 radical (unpaired) electrons. The van der Waals surface area contributed by atoms with Crippen LogP contribution in [0.25, 0.3) is 0 Å². The van der Waals surface area contributed by atoms with Gasteiger partial charge in [-0.1, -0.05) is 12.1 Å². The summed E-state index contributed by atoms with van der Waals surface area (Å²) in [4.78, 5) is 10.9. The highest BCUT2D eigenvalue weighted by atomic mass is 15.2. The second-order valence-corrected chi connectivity index (χ2v) is 4.30. The van der Waals surface area contributed by atoms with Crippen LogP contribution in [0.1, 0.15) is 17.0 Å². The molecule has 2 aromatic heterocycles. The minimum Gasteiger partial charge on any atom is -0.354 e. The third-order valence-electron chi connectivity index (χ3n) is 2.92. The Bertz CT molecular complexity index is 510. The summed E-state index contributed by atoms with van der Waals surface area (Å²) in [5.74, 6) is 0.940. The lowest BCUT2D eigenvalue weighted by Crippen LogP contribution is -2.19. The molecule has 2 N–H and O–H groups in total. The van der Waals surface area contributed by atoms with E-state index >= 15 is 0 Å². The molecular formula is C14H18N4. The molecule has 0 atom stereocenters. The first kappa shape index (κ1) is 12.5. The fourth-order valence-electron chi connectivity index (χ4n) is 1.82. The topological polar surface area (TPSA) is 55.0 Å². The van der Waals surface area contributed by atoms with E-state index in [1.54, 1.807) is 6.20 Å². The van der Waals surface area contributed by atoms with Gasteiger partial charge >= 0.3 is 0 Å². The average Bonchev–Trinajstić information content (AvgIpc) is 2.39. The number of pyridine rings is 2. The van der Waals surface area contributed by atoms with Gasteiger partial charge in [0.15, 0.2) is 0 Å². The molecule has 94 valence electrons. The number of rotatable bonds is 4. The monoisotopic (exact) mass is 242 g/mol. The summed E-state index contributed by atoms with van der Waals surface area (Å²) in [6, 6.07) is 9.96. The quantitative estimate of drug-likeness (QED) is 0.889. The zero-order chi connectivity index (χ0) is 13.0. The molecule has 18 heavy (non-hydrogen) atoms. The van der Waals surface area contributed by atoms with Crippen LogP contribution in [0.2, 0.25) is 0 Å². The van der Waals surface area contributed by atoms with Crippen molar-refractivity contribution in [2.45, 2.75) is 20.0 Å². The van der Waals surface area contributed by atoms with Crippen molar-refractivity contribution >= 4 is 5.82 Å². The molecule has 2 aromatic rings. The number of nitrogens with two attached hydrogens (primary N) is 1. The van der Waals surface area contributed by atoms with Gasteiger partial charge in [-0.2, -0.15) is 0 Å². The van der Waals surface area contributed by atoms with E-state index in [0.717, 1.165) is 29.3 Å². The lowest BCUT2D eigenvalue weighted by atomic mass is 10.2. The highest BCUT2D eigenvalue weighted by molar-refractivity contribution is 5.41. The molecule has 0 bridgehead atoms. The summed E-state index contributed by atoms with van der Waals surface area (Å²) in [6.45, 7) is 3.26. The number of hydrogen-bond donors (Lipinski definition) is 1. The number of aryl methyl sites for hydroxylation is 1. The molecule has 0 aliphatic rings. The largest absolute Gasteiger partial charge is 0.354 e. The second kappa shape index (κ2) is 5.60. The summed E-state index contributed by atoms with van der Waals surface area (Å²) in [7, 11) is 2.01. The van der Waals surface area contributed by atoms with Crippen molar-refractivity contribution in [3.8, 4) is 0 Å². The Morgan fingerprint density at radius 3 is 2.67 bits per heavy atom. The van der Waals surface area contributed by atoms with Crippen LogP contribution < -0.4 is 10.6 Å². The van der Waals surface area contributed by atoms with Crippen molar-refractivity contribution in [2.75, 3.05) is 11.9 Å². The van der Waals surface area contributed by atoms with E-state index in [1.165, 1.54) is 0 Å². The zero-order valence-electron chi connectivity index (χ0n) is 10.8. The molecule has 2 heterocycles. The third kappa shape index (κ3) is 2.84. The molecule has 2 rings (SSSR count). The minimum absolute atomic E-state index is 0.531. The first-order chi connectivity index (χ1) is 8.70. The Morgan fingerprint density at radius 2 is 2.06 bits per heavy atom. The van der Waals surface area contributed by atoms with Gasteiger partial charge in [-0.05, 0) is 30.7 Å². The van der Waals surface area contributed by atoms with Crippen molar-refractivity contribution in [3.63, 3.8) is 0 Å². The van der Waals surface area contributed by atoms with Crippen molar-refractivity contribution in [2.24, 2.45) is 5.73 Å². The molecule has 0 fully saturated rings. The maximum atomic E-state index is 5.64. The lowest BCUT2D eigenvalue weighted by Gasteiger charge is -2.18. The van der Waals surface area contributed by atoms with Crippen LogP contribution in [0, 0.1) is 6.92 Å². The van der Waals surface area contributed by atoms with E-state index in [0.29, 0.717) is 6.54 Å². The summed E-state index contributed by atoms with van der Waals surface area (Å²) < 4.78 is 0. The fraction of sp³-hybridized carbons (Fsp3) is 0.286. The molecule has 0 aliphatic carbocycles. The molecule has 0 aliphatic heterocycles. The maximum Gasteiger partial charge on any atom is 0.128 e. The van der Waals surface area contributed by atoms with Gasteiger partial charge in [-0.15, -0.1) is 0 Å². The van der Waals surface area contributed by atoms with E-state index in [-0.39, 0.29) is 0 Å². The number of anilines is 1. The highest BCUT2D eigenvalue weighted by Crippen LogP contribution is 2.15. The summed E-state index contributed by atoms with van der Waals surface area (Å²) >= 11 is 0. The average molecular weight is 242 g/mol. The summed E-state index contributed by atoms with van der Waals surface area (Å²) in [5, 5.41) is 0. The van der Waals surface area contributed by atoms with Crippen LogP contribution in [0.3, 0.4) is 0 Å². The van der Waals surface area contributed by atoms with Crippen LogP contribution in [0.4, 0.5) is 5.82 Å². The first-order valence-electron chi connectivity index (χ1n) is 5.98. The normalized spacial score (nSPS) is 10.4. The van der Waals surface area contributed by atoms with Gasteiger partial charge in [0.1, 0.15) is 5.82 Å². The summed E-state index contributed by atoms with van der Waals surface area (Å²) in [5.41, 5.74) is 8.74. The van der Waals surface area contributed by atoms with Crippen LogP contribution in [-0.2, 0) is 13.1 Å². The van der Waals surface area contributed by atoms with Crippen molar-refractivity contribution in [1.29, 1.82) is 0 Å². The summed E-state index contributed by atoms with van der Waals surface area (Å²) in [6.07, 6.45) is 1.80. The van der Waals surface area contributed by atoms with Gasteiger partial charge in [0.25, 0.3) is 0 Å². The van der Waals surface area contributed by atoms with Gasteiger partial charge in [-0.3, -0.25) is 4.98 Å². The van der Waals surface area contributed by atoms with E-state index < -0.39 is 0 Å². The molecule has 4 nitrogen and oxygen atoms in total. The predicted octanol–water partition coefficient (Wildman–Crippen LogP) is 1.88. The second-order valence-electron chi connectivity index (χ2n) is 4.30. The van der Waals surface area contributed by atoms with Crippen LogP contribution in [0.5, 0.6) is 0 Å². The fourth-order valence-corrected chi connectivity index (χ4v) is 1.82. The van der Waals surface area contributed by atoms with E-state index in [1.807, 2.05) is 44.3 Å². The Hall–Kier alpha value is -1.94. The molecule has 0 unspecified atom stereocenters. The van der Waals surface area contributed by atoms with E-state index in [2.05, 4.69) is 14.9 Å². The van der Waals surface area contributed by atoms with Gasteiger partial charge in [0, 0.05) is 25.5 Å². The highest BCUT2D eigenvalue weighted by Gasteiger charge is 2.06. The first-order valence-corrected chi connectivity index (χ1v) is 5.98. The van der Waals surface area contributed by atoms with Crippen LogP contribution in [0.15, 0.2) is 36.5 Å². The van der Waals surface area contributed by atoms with Gasteiger partial charge < -0.3 is 10.6 Å². The van der Waals surface area contributed by atoms with Crippen molar-refractivity contribution in [1.82, 2.24) is 9.97 Å². The van der Waals surface area contributed by atoms with Crippen LogP contribution in [-0.4, -0.2) is 17.0 Å². The molecule has 0 spiro atoms. The standard InChI is InChI=1S/C14H18N4/c1-11-12(9-15)6-7-14(17-11)18(2)10-13-5-3-4-8-16-13/h3-8H,9-10,15H2,1-2H3.